The van der Waals surface area contributed by atoms with E-state index in [2.05, 4.69) is 37.5 Å². The Morgan fingerprint density at radius 3 is 2.65 bits per heavy atom. The Hall–Kier alpha value is -3.54. The first-order chi connectivity index (χ1) is 12.8. The van der Waals surface area contributed by atoms with Gasteiger partial charge in [0.25, 0.3) is 0 Å². The zero-order chi connectivity index (χ0) is 17.8. The van der Waals surface area contributed by atoms with Gasteiger partial charge < -0.3 is 5.32 Å². The lowest BCUT2D eigenvalue weighted by atomic mass is 10.2. The van der Waals surface area contributed by atoms with Crippen LogP contribution in [0.3, 0.4) is 0 Å². The average Bonchev–Trinajstić information content (AvgIpc) is 3.09. The highest BCUT2D eigenvalue weighted by Gasteiger charge is 2.07. The van der Waals surface area contributed by atoms with Crippen LogP contribution in [0.4, 0.5) is 11.6 Å². The molecule has 0 aliphatic rings. The molecule has 6 nitrogen and oxygen atoms in total. The average molecular weight is 342 g/mol. The third-order valence-electron chi connectivity index (χ3n) is 3.86. The molecule has 4 aromatic rings. The summed E-state index contributed by atoms with van der Waals surface area (Å²) in [6.07, 6.45) is 5.44. The fraction of sp³-hybridized carbons (Fsp3) is 0.100. The summed E-state index contributed by atoms with van der Waals surface area (Å²) in [5.74, 6) is 2.10. The summed E-state index contributed by atoms with van der Waals surface area (Å²) in [6.45, 7) is 2.67. The molecule has 3 aromatic heterocycles. The first kappa shape index (κ1) is 16.0. The van der Waals surface area contributed by atoms with Crippen LogP contribution in [0.25, 0.3) is 11.4 Å². The fourth-order valence-electron chi connectivity index (χ4n) is 2.67. The number of benzene rings is 1. The minimum Gasteiger partial charge on any atom is -0.323 e. The Morgan fingerprint density at radius 1 is 0.962 bits per heavy atom. The van der Waals surface area contributed by atoms with Gasteiger partial charge in [0.1, 0.15) is 5.82 Å². The molecule has 26 heavy (non-hydrogen) atoms. The van der Waals surface area contributed by atoms with E-state index in [9.17, 15) is 0 Å². The molecule has 128 valence electrons. The standard InChI is InChI=1S/C20H18N6/c1-15-12-19(24-20(22-15)17-8-5-10-21-13-17)23-18-9-11-26(25-18)14-16-6-3-2-4-7-16/h2-13H,14H2,1H3,(H,22,23,24,25). The van der Waals surface area contributed by atoms with Crippen LogP contribution in [0, 0.1) is 6.92 Å². The molecule has 0 fully saturated rings. The summed E-state index contributed by atoms with van der Waals surface area (Å²) >= 11 is 0. The van der Waals surface area contributed by atoms with Gasteiger partial charge >= 0.3 is 0 Å². The third kappa shape index (κ3) is 3.75. The van der Waals surface area contributed by atoms with Crippen LogP contribution in [0.15, 0.2) is 73.2 Å². The number of rotatable bonds is 5. The minimum atomic E-state index is 0.643. The lowest BCUT2D eigenvalue weighted by Crippen LogP contribution is -2.02. The summed E-state index contributed by atoms with van der Waals surface area (Å²) in [7, 11) is 0. The lowest BCUT2D eigenvalue weighted by Gasteiger charge is -2.07. The monoisotopic (exact) mass is 342 g/mol. The smallest absolute Gasteiger partial charge is 0.163 e. The number of nitrogens with zero attached hydrogens (tertiary/aromatic N) is 5. The van der Waals surface area contributed by atoms with E-state index in [4.69, 9.17) is 0 Å². The van der Waals surface area contributed by atoms with Gasteiger partial charge in [-0.05, 0) is 24.6 Å². The first-order valence-corrected chi connectivity index (χ1v) is 8.37. The first-order valence-electron chi connectivity index (χ1n) is 8.37. The Kier molecular flexibility index (Phi) is 4.38. The largest absolute Gasteiger partial charge is 0.323 e. The van der Waals surface area contributed by atoms with Gasteiger partial charge in [-0.25, -0.2) is 9.97 Å². The second-order valence-electron chi connectivity index (χ2n) is 5.97. The highest BCUT2D eigenvalue weighted by atomic mass is 15.3. The number of aryl methyl sites for hydroxylation is 1. The van der Waals surface area contributed by atoms with Gasteiger partial charge in [-0.3, -0.25) is 9.67 Å². The summed E-state index contributed by atoms with van der Waals surface area (Å²) in [5.41, 5.74) is 2.97. The van der Waals surface area contributed by atoms with Crippen molar-refractivity contribution in [2.75, 3.05) is 5.32 Å². The molecule has 0 unspecified atom stereocenters. The number of nitrogens with one attached hydrogen (secondary N) is 1. The van der Waals surface area contributed by atoms with E-state index in [1.54, 1.807) is 12.4 Å². The maximum Gasteiger partial charge on any atom is 0.163 e. The molecule has 3 heterocycles. The van der Waals surface area contributed by atoms with Crippen molar-refractivity contribution in [2.24, 2.45) is 0 Å². The van der Waals surface area contributed by atoms with Crippen LogP contribution in [-0.4, -0.2) is 24.7 Å². The van der Waals surface area contributed by atoms with Gasteiger partial charge in [0.05, 0.1) is 6.54 Å². The molecule has 6 heteroatoms. The Bertz CT molecular complexity index is 995. The molecule has 0 spiro atoms. The van der Waals surface area contributed by atoms with Gasteiger partial charge in [-0.2, -0.15) is 5.10 Å². The van der Waals surface area contributed by atoms with Crippen LogP contribution < -0.4 is 5.32 Å². The maximum atomic E-state index is 4.58. The summed E-state index contributed by atoms with van der Waals surface area (Å²) in [5, 5.41) is 7.82. The van der Waals surface area contributed by atoms with Crippen LogP contribution in [0.5, 0.6) is 0 Å². The van der Waals surface area contributed by atoms with Gasteiger partial charge in [-0.1, -0.05) is 30.3 Å². The van der Waals surface area contributed by atoms with E-state index in [1.165, 1.54) is 5.56 Å². The molecular weight excluding hydrogens is 324 g/mol. The molecule has 4 rings (SSSR count). The van der Waals surface area contributed by atoms with E-state index in [1.807, 2.05) is 60.3 Å². The predicted molar refractivity (Wildman–Crippen MR) is 101 cm³/mol. The molecule has 0 atom stereocenters. The number of pyridine rings is 1. The molecule has 1 N–H and O–H groups in total. The Morgan fingerprint density at radius 2 is 1.85 bits per heavy atom. The number of aromatic nitrogens is 5. The SMILES string of the molecule is Cc1cc(Nc2ccn(Cc3ccccc3)n2)nc(-c2cccnc2)n1. The molecule has 0 aliphatic carbocycles. The van der Waals surface area contributed by atoms with Crippen molar-refractivity contribution < 1.29 is 0 Å². The van der Waals surface area contributed by atoms with Crippen LogP contribution in [-0.2, 0) is 6.54 Å². The lowest BCUT2D eigenvalue weighted by molar-refractivity contribution is 0.689. The number of anilines is 2. The van der Waals surface area contributed by atoms with Crippen molar-refractivity contribution in [2.45, 2.75) is 13.5 Å². The Labute approximate surface area is 151 Å². The zero-order valence-electron chi connectivity index (χ0n) is 14.4. The number of hydrogen-bond donors (Lipinski definition) is 1. The normalized spacial score (nSPS) is 10.7. The van der Waals surface area contributed by atoms with Crippen molar-refractivity contribution >= 4 is 11.6 Å². The van der Waals surface area contributed by atoms with Crippen molar-refractivity contribution in [3.63, 3.8) is 0 Å². The van der Waals surface area contributed by atoms with Gasteiger partial charge in [0.2, 0.25) is 0 Å². The summed E-state index contributed by atoms with van der Waals surface area (Å²) in [4.78, 5) is 13.2. The van der Waals surface area contributed by atoms with Gasteiger partial charge in [0.15, 0.2) is 11.6 Å². The van der Waals surface area contributed by atoms with Crippen LogP contribution in [0.1, 0.15) is 11.3 Å². The van der Waals surface area contributed by atoms with E-state index < -0.39 is 0 Å². The highest BCUT2D eigenvalue weighted by Crippen LogP contribution is 2.19. The van der Waals surface area contributed by atoms with Crippen LogP contribution >= 0.6 is 0 Å². The highest BCUT2D eigenvalue weighted by molar-refractivity contribution is 5.59. The van der Waals surface area contributed by atoms with Crippen molar-refractivity contribution in [3.05, 3.63) is 84.4 Å². The molecule has 1 aromatic carbocycles. The van der Waals surface area contributed by atoms with Crippen LogP contribution in [0.2, 0.25) is 0 Å². The zero-order valence-corrected chi connectivity index (χ0v) is 14.4. The fourth-order valence-corrected chi connectivity index (χ4v) is 2.67. The molecule has 0 radical (unpaired) electrons. The molecule has 0 saturated heterocycles. The van der Waals surface area contributed by atoms with E-state index in [0.717, 1.165) is 23.6 Å². The third-order valence-corrected chi connectivity index (χ3v) is 3.86. The summed E-state index contributed by atoms with van der Waals surface area (Å²) in [6, 6.07) is 17.9. The Balaban J connectivity index is 1.53. The van der Waals surface area contributed by atoms with Gasteiger partial charge in [0, 0.05) is 42.0 Å². The molecular formula is C20H18N6. The second kappa shape index (κ2) is 7.14. The predicted octanol–water partition coefficient (Wildman–Crippen LogP) is 3.84. The number of hydrogen-bond acceptors (Lipinski definition) is 5. The van der Waals surface area contributed by atoms with Gasteiger partial charge in [-0.15, -0.1) is 0 Å². The topological polar surface area (TPSA) is 68.5 Å². The van der Waals surface area contributed by atoms with Crippen molar-refractivity contribution in [1.29, 1.82) is 0 Å². The molecule has 0 saturated carbocycles. The summed E-state index contributed by atoms with van der Waals surface area (Å²) < 4.78 is 1.90. The van der Waals surface area contributed by atoms with E-state index in [-0.39, 0.29) is 0 Å². The van der Waals surface area contributed by atoms with E-state index in [0.29, 0.717) is 11.6 Å². The van der Waals surface area contributed by atoms with Crippen molar-refractivity contribution in [1.82, 2.24) is 24.7 Å². The molecule has 0 aliphatic heterocycles. The maximum absolute atomic E-state index is 4.58. The second-order valence-corrected chi connectivity index (χ2v) is 5.97. The van der Waals surface area contributed by atoms with Crippen molar-refractivity contribution in [3.8, 4) is 11.4 Å². The quantitative estimate of drug-likeness (QED) is 0.597. The molecule has 0 amide bonds. The molecule has 0 bridgehead atoms. The van der Waals surface area contributed by atoms with E-state index >= 15 is 0 Å². The minimum absolute atomic E-state index is 0.643.